The molecule has 0 bridgehead atoms. The average Bonchev–Trinajstić information content (AvgIpc) is 2.75. The number of rotatable bonds is 2. The summed E-state index contributed by atoms with van der Waals surface area (Å²) in [5, 5.41) is 3.57. The third kappa shape index (κ3) is 3.07. The molecule has 4 heteroatoms. The smallest absolute Gasteiger partial charge is 0.123 e. The molecule has 0 spiro atoms. The molecule has 1 fully saturated rings. The van der Waals surface area contributed by atoms with Crippen LogP contribution in [0.2, 0.25) is 0 Å². The Labute approximate surface area is 122 Å². The summed E-state index contributed by atoms with van der Waals surface area (Å²) in [6.45, 7) is 1.09. The van der Waals surface area contributed by atoms with Gasteiger partial charge in [-0.2, -0.15) is 0 Å². The normalized spacial score (nSPS) is 20.2. The lowest BCUT2D eigenvalue weighted by molar-refractivity contribution is 0.512. The summed E-state index contributed by atoms with van der Waals surface area (Å²) in [4.78, 5) is 8.01. The van der Waals surface area contributed by atoms with Crippen LogP contribution in [0.4, 0.5) is 0 Å². The second-order valence-electron chi connectivity index (χ2n) is 5.05. The Morgan fingerprint density at radius 2 is 2.16 bits per heavy atom. The largest absolute Gasteiger partial charge is 0.341 e. The highest BCUT2D eigenvalue weighted by Gasteiger charge is 2.16. The molecule has 3 rings (SSSR count). The number of halogens is 1. The lowest BCUT2D eigenvalue weighted by Crippen LogP contribution is -2.21. The van der Waals surface area contributed by atoms with E-state index in [1.165, 1.54) is 31.2 Å². The van der Waals surface area contributed by atoms with Gasteiger partial charge in [0.15, 0.2) is 0 Å². The molecular formula is C15H18BrN3. The van der Waals surface area contributed by atoms with Crippen molar-refractivity contribution in [1.82, 2.24) is 15.3 Å². The molecule has 1 aliphatic heterocycles. The molecule has 1 aromatic heterocycles. The van der Waals surface area contributed by atoms with Crippen molar-refractivity contribution >= 4 is 15.9 Å². The summed E-state index contributed by atoms with van der Waals surface area (Å²) in [7, 11) is 0. The van der Waals surface area contributed by atoms with Crippen LogP contribution in [-0.2, 0) is 0 Å². The summed E-state index contributed by atoms with van der Waals surface area (Å²) >= 11 is 3.51. The van der Waals surface area contributed by atoms with Gasteiger partial charge in [0.1, 0.15) is 5.82 Å². The van der Waals surface area contributed by atoms with E-state index in [-0.39, 0.29) is 0 Å². The first-order valence-electron chi connectivity index (χ1n) is 6.87. The first-order chi connectivity index (χ1) is 9.33. The Morgan fingerprint density at radius 1 is 1.21 bits per heavy atom. The molecule has 1 saturated heterocycles. The zero-order chi connectivity index (χ0) is 13.1. The molecule has 0 aliphatic carbocycles. The van der Waals surface area contributed by atoms with Crippen molar-refractivity contribution in [1.29, 1.82) is 0 Å². The van der Waals surface area contributed by atoms with Crippen LogP contribution < -0.4 is 5.32 Å². The van der Waals surface area contributed by atoms with E-state index in [4.69, 9.17) is 0 Å². The predicted molar refractivity (Wildman–Crippen MR) is 80.9 cm³/mol. The van der Waals surface area contributed by atoms with Crippen molar-refractivity contribution in [3.05, 3.63) is 40.8 Å². The van der Waals surface area contributed by atoms with Crippen molar-refractivity contribution in [2.45, 2.75) is 31.7 Å². The van der Waals surface area contributed by atoms with E-state index in [1.807, 2.05) is 18.3 Å². The van der Waals surface area contributed by atoms with Gasteiger partial charge >= 0.3 is 0 Å². The van der Waals surface area contributed by atoms with Crippen LogP contribution in [0.15, 0.2) is 34.9 Å². The fourth-order valence-electron chi connectivity index (χ4n) is 2.58. The maximum absolute atomic E-state index is 4.55. The Hall–Kier alpha value is -1.13. The van der Waals surface area contributed by atoms with Gasteiger partial charge < -0.3 is 10.3 Å². The number of hydrogen-bond donors (Lipinski definition) is 2. The minimum Gasteiger partial charge on any atom is -0.341 e. The molecule has 0 radical (unpaired) electrons. The molecule has 1 unspecified atom stereocenters. The van der Waals surface area contributed by atoms with Gasteiger partial charge in [-0.25, -0.2) is 4.98 Å². The molecule has 1 atom stereocenters. The molecule has 2 aromatic rings. The molecular weight excluding hydrogens is 302 g/mol. The van der Waals surface area contributed by atoms with Crippen LogP contribution in [0.5, 0.6) is 0 Å². The molecule has 2 N–H and O–H groups in total. The lowest BCUT2D eigenvalue weighted by Gasteiger charge is -2.12. The number of hydrogen-bond acceptors (Lipinski definition) is 2. The summed E-state index contributed by atoms with van der Waals surface area (Å²) < 4.78 is 1.09. The van der Waals surface area contributed by atoms with E-state index in [0.29, 0.717) is 6.04 Å². The van der Waals surface area contributed by atoms with Gasteiger partial charge in [0.05, 0.1) is 17.9 Å². The van der Waals surface area contributed by atoms with Crippen LogP contribution >= 0.6 is 15.9 Å². The standard InChI is InChI=1S/C15H18BrN3/c16-12-6-4-5-11(9-12)14-10-18-15(19-14)13-7-2-1-3-8-17-13/h4-6,9-10,13,17H,1-3,7-8H2,(H,18,19). The number of H-pyrrole nitrogens is 1. The van der Waals surface area contributed by atoms with Crippen LogP contribution in [0.3, 0.4) is 0 Å². The summed E-state index contributed by atoms with van der Waals surface area (Å²) in [5.74, 6) is 1.07. The number of benzene rings is 1. The maximum Gasteiger partial charge on any atom is 0.123 e. The fraction of sp³-hybridized carbons (Fsp3) is 0.400. The van der Waals surface area contributed by atoms with Crippen LogP contribution in [-0.4, -0.2) is 16.5 Å². The predicted octanol–water partition coefficient (Wildman–Crippen LogP) is 4.04. The van der Waals surface area contributed by atoms with E-state index in [9.17, 15) is 0 Å². The Balaban J connectivity index is 1.82. The van der Waals surface area contributed by atoms with Gasteiger partial charge in [-0.1, -0.05) is 40.9 Å². The van der Waals surface area contributed by atoms with Crippen LogP contribution in [0, 0.1) is 0 Å². The molecule has 3 nitrogen and oxygen atoms in total. The molecule has 19 heavy (non-hydrogen) atoms. The van der Waals surface area contributed by atoms with Gasteiger partial charge in [0.2, 0.25) is 0 Å². The lowest BCUT2D eigenvalue weighted by atomic mass is 10.1. The summed E-state index contributed by atoms with van der Waals surface area (Å²) in [5.41, 5.74) is 2.25. The number of nitrogens with one attached hydrogen (secondary N) is 2. The van der Waals surface area contributed by atoms with E-state index in [1.54, 1.807) is 0 Å². The number of nitrogens with zero attached hydrogens (tertiary/aromatic N) is 1. The molecule has 1 aromatic carbocycles. The first-order valence-corrected chi connectivity index (χ1v) is 7.66. The minimum absolute atomic E-state index is 0.378. The van der Waals surface area contributed by atoms with Crippen molar-refractivity contribution in [3.8, 4) is 11.3 Å². The molecule has 100 valence electrons. The number of aromatic nitrogens is 2. The van der Waals surface area contributed by atoms with Gasteiger partial charge in [0, 0.05) is 10.0 Å². The highest BCUT2D eigenvalue weighted by atomic mass is 79.9. The van der Waals surface area contributed by atoms with Crippen LogP contribution in [0.1, 0.15) is 37.5 Å². The summed E-state index contributed by atoms with van der Waals surface area (Å²) in [6, 6.07) is 8.67. The maximum atomic E-state index is 4.55. The minimum atomic E-state index is 0.378. The second kappa shape index (κ2) is 5.88. The second-order valence-corrected chi connectivity index (χ2v) is 5.96. The van der Waals surface area contributed by atoms with Gasteiger partial charge in [-0.05, 0) is 31.5 Å². The zero-order valence-corrected chi connectivity index (χ0v) is 12.4. The van der Waals surface area contributed by atoms with Gasteiger partial charge in [0.25, 0.3) is 0 Å². The zero-order valence-electron chi connectivity index (χ0n) is 10.8. The molecule has 1 aliphatic rings. The highest BCUT2D eigenvalue weighted by Crippen LogP contribution is 2.25. The van der Waals surface area contributed by atoms with Gasteiger partial charge in [-0.3, -0.25) is 0 Å². The van der Waals surface area contributed by atoms with E-state index >= 15 is 0 Å². The monoisotopic (exact) mass is 319 g/mol. The Morgan fingerprint density at radius 3 is 3.05 bits per heavy atom. The van der Waals surface area contributed by atoms with E-state index < -0.39 is 0 Å². The Kier molecular flexibility index (Phi) is 3.99. The SMILES string of the molecule is Brc1cccc(-c2cnc(C3CCCCCN3)[nH]2)c1. The average molecular weight is 320 g/mol. The van der Waals surface area contributed by atoms with Gasteiger partial charge in [-0.15, -0.1) is 0 Å². The first kappa shape index (κ1) is 12.9. The number of aromatic amines is 1. The third-order valence-corrected chi connectivity index (χ3v) is 4.11. The Bertz CT molecular complexity index is 542. The van der Waals surface area contributed by atoms with Crippen molar-refractivity contribution in [3.63, 3.8) is 0 Å². The van der Waals surface area contributed by atoms with Crippen molar-refractivity contribution in [2.75, 3.05) is 6.54 Å². The number of imidazole rings is 1. The fourth-order valence-corrected chi connectivity index (χ4v) is 2.98. The van der Waals surface area contributed by atoms with Crippen molar-refractivity contribution in [2.24, 2.45) is 0 Å². The molecule has 2 heterocycles. The molecule has 0 amide bonds. The highest BCUT2D eigenvalue weighted by molar-refractivity contribution is 9.10. The topological polar surface area (TPSA) is 40.7 Å². The van der Waals surface area contributed by atoms with Crippen molar-refractivity contribution < 1.29 is 0 Å². The molecule has 0 saturated carbocycles. The third-order valence-electron chi connectivity index (χ3n) is 3.62. The van der Waals surface area contributed by atoms with E-state index in [0.717, 1.165) is 22.5 Å². The van der Waals surface area contributed by atoms with E-state index in [2.05, 4.69) is 43.3 Å². The summed E-state index contributed by atoms with van der Waals surface area (Å²) in [6.07, 6.45) is 6.98. The van der Waals surface area contributed by atoms with Crippen LogP contribution in [0.25, 0.3) is 11.3 Å². The quantitative estimate of drug-likeness (QED) is 0.876.